The number of aryl methyl sites for hydroxylation is 1. The predicted molar refractivity (Wildman–Crippen MR) is 214 cm³/mol. The molecular weight excluding hydrogens is 807 g/mol. The van der Waals surface area contributed by atoms with Gasteiger partial charge in [0.1, 0.15) is 40.0 Å². The molecule has 2 aromatic heterocycles. The summed E-state index contributed by atoms with van der Waals surface area (Å²) in [5, 5.41) is 18.6. The average Bonchev–Trinajstić information content (AvgIpc) is 3.15. The zero-order valence-electron chi connectivity index (χ0n) is 31.8. The standard InChI is InChI=1S/C36H36N12O6S2.2Na/c1-23-39-33(41-26-9-5-3-6-10-26)47-34(40-23)43-28-17-15-24(30(21-28)53-55(49)50)13-14-25-16-18-29(22-31(25)54-56(51)52)44-36-46-32(38-20-19-37-2)45-35(48-36)42-27-11-7-4-8-12-27;;/h3-18,21-22,37H,19-20H2,1-2H3,(H,49,50)(H,51,52)(H2,39,40,41,43,47)(H3,38,42,44,45,46,48);;/q;2*+1/p-2/b14-13+;;. The number of hydrogen-bond donors (Lipinski definition) is 6. The van der Waals surface area contributed by atoms with Crippen molar-refractivity contribution < 1.29 is 85.0 Å². The van der Waals surface area contributed by atoms with E-state index in [1.54, 1.807) is 43.3 Å². The Balaban J connectivity index is 0.00000372. The van der Waals surface area contributed by atoms with Crippen LogP contribution in [0, 0.1) is 6.92 Å². The molecule has 4 aromatic carbocycles. The van der Waals surface area contributed by atoms with Crippen LogP contribution in [-0.4, -0.2) is 67.6 Å². The van der Waals surface area contributed by atoms with Gasteiger partial charge in [-0.1, -0.05) is 48.6 Å². The zero-order valence-corrected chi connectivity index (χ0v) is 37.4. The van der Waals surface area contributed by atoms with Gasteiger partial charge in [-0.05, 0) is 62.5 Å². The Bertz CT molecular complexity index is 2350. The Morgan fingerprint density at radius 1 is 0.552 bits per heavy atom. The minimum atomic E-state index is -2.93. The van der Waals surface area contributed by atoms with Crippen molar-refractivity contribution in [1.29, 1.82) is 0 Å². The topological polar surface area (TPSA) is 248 Å². The second-order valence-corrected chi connectivity index (χ2v) is 12.7. The van der Waals surface area contributed by atoms with E-state index in [1.165, 1.54) is 12.1 Å². The number of nitrogens with zero attached hydrogens (tertiary/aromatic N) is 6. The monoisotopic (exact) mass is 840 g/mol. The zero-order chi connectivity index (χ0) is 39.3. The molecule has 0 radical (unpaired) electrons. The van der Waals surface area contributed by atoms with Gasteiger partial charge in [-0.3, -0.25) is 0 Å². The maximum atomic E-state index is 11.7. The maximum Gasteiger partial charge on any atom is 1.00 e. The van der Waals surface area contributed by atoms with E-state index in [-0.39, 0.29) is 88.5 Å². The van der Waals surface area contributed by atoms with Crippen LogP contribution in [-0.2, 0) is 22.7 Å². The second kappa shape index (κ2) is 23.1. The number of hydrogen-bond acceptors (Lipinski definition) is 18. The molecule has 2 atom stereocenters. The fourth-order valence-corrected chi connectivity index (χ4v) is 5.57. The van der Waals surface area contributed by atoms with Gasteiger partial charge in [0.05, 0.1) is 0 Å². The van der Waals surface area contributed by atoms with Crippen LogP contribution in [0.15, 0.2) is 97.1 Å². The van der Waals surface area contributed by atoms with E-state index < -0.39 is 22.7 Å². The van der Waals surface area contributed by atoms with Crippen LogP contribution in [0.5, 0.6) is 11.5 Å². The summed E-state index contributed by atoms with van der Waals surface area (Å²) in [4.78, 5) is 26.4. The van der Waals surface area contributed by atoms with Crippen molar-refractivity contribution in [2.24, 2.45) is 0 Å². The van der Waals surface area contributed by atoms with Gasteiger partial charge >= 0.3 is 59.1 Å². The van der Waals surface area contributed by atoms with Crippen LogP contribution in [0.2, 0.25) is 0 Å². The van der Waals surface area contributed by atoms with E-state index in [9.17, 15) is 17.5 Å². The van der Waals surface area contributed by atoms with E-state index in [0.29, 0.717) is 53.3 Å². The summed E-state index contributed by atoms with van der Waals surface area (Å²) in [5.41, 5.74) is 3.05. The van der Waals surface area contributed by atoms with Crippen LogP contribution < -0.4 is 99.4 Å². The number of anilines is 9. The average molecular weight is 841 g/mol. The normalized spacial score (nSPS) is 11.7. The molecule has 0 saturated carbocycles. The number of para-hydroxylation sites is 2. The van der Waals surface area contributed by atoms with Gasteiger partial charge in [0.15, 0.2) is 0 Å². The summed E-state index contributed by atoms with van der Waals surface area (Å²) in [6, 6.07) is 28.2. The summed E-state index contributed by atoms with van der Waals surface area (Å²) in [5.74, 6) is 1.62. The molecule has 0 spiro atoms. The molecule has 2 unspecified atom stereocenters. The van der Waals surface area contributed by atoms with Crippen molar-refractivity contribution in [3.8, 4) is 11.5 Å². The summed E-state index contributed by atoms with van der Waals surface area (Å²) in [6.45, 7) is 2.92. The van der Waals surface area contributed by atoms with Crippen LogP contribution >= 0.6 is 0 Å². The minimum absolute atomic E-state index is 0. The van der Waals surface area contributed by atoms with E-state index >= 15 is 0 Å². The Labute approximate surface area is 383 Å². The summed E-state index contributed by atoms with van der Waals surface area (Å²) in [7, 11) is 1.83. The number of nitrogens with one attached hydrogen (secondary N) is 6. The molecule has 0 aliphatic rings. The Morgan fingerprint density at radius 2 is 0.948 bits per heavy atom. The van der Waals surface area contributed by atoms with Gasteiger partial charge in [0.25, 0.3) is 0 Å². The van der Waals surface area contributed by atoms with E-state index in [4.69, 9.17) is 8.37 Å². The third-order valence-electron chi connectivity index (χ3n) is 7.40. The molecule has 288 valence electrons. The van der Waals surface area contributed by atoms with Crippen molar-refractivity contribution >= 4 is 87.4 Å². The number of aromatic nitrogens is 6. The van der Waals surface area contributed by atoms with Gasteiger partial charge in [0.2, 0.25) is 29.7 Å². The second-order valence-electron chi connectivity index (χ2n) is 11.5. The van der Waals surface area contributed by atoms with Crippen molar-refractivity contribution in [1.82, 2.24) is 35.2 Å². The first-order valence-corrected chi connectivity index (χ1v) is 18.8. The SMILES string of the molecule is CNCCNc1nc(Nc2ccccc2)nc(Nc2ccc(/C=C/c3ccc(Nc4nc(C)nc(Nc5ccccc5)n4)cc3OS(=O)[O-])c(OS(=O)[O-])c2)n1.[Na+].[Na+]. The first-order valence-electron chi connectivity index (χ1n) is 16.8. The predicted octanol–water partition coefficient (Wildman–Crippen LogP) is -0.505. The molecule has 6 rings (SSSR count). The van der Waals surface area contributed by atoms with Gasteiger partial charge < -0.3 is 49.4 Å². The Morgan fingerprint density at radius 3 is 1.36 bits per heavy atom. The fraction of sp³-hybridized carbons (Fsp3) is 0.111. The third-order valence-corrected chi connectivity index (χ3v) is 8.03. The smallest absolute Gasteiger partial charge is 0.740 e. The minimum Gasteiger partial charge on any atom is -0.740 e. The van der Waals surface area contributed by atoms with Crippen LogP contribution in [0.25, 0.3) is 12.2 Å². The van der Waals surface area contributed by atoms with Crippen molar-refractivity contribution in [2.75, 3.05) is 46.7 Å². The molecule has 18 nitrogen and oxygen atoms in total. The Hall–Kier alpha value is -4.58. The Kier molecular flexibility index (Phi) is 18.4. The largest absolute Gasteiger partial charge is 1.00 e. The molecule has 0 saturated heterocycles. The van der Waals surface area contributed by atoms with Gasteiger partial charge in [-0.2, -0.15) is 29.9 Å². The third kappa shape index (κ3) is 14.4. The molecular formula is C36H34N12Na2O6S2. The van der Waals surface area contributed by atoms with Crippen molar-refractivity contribution in [2.45, 2.75) is 6.92 Å². The first kappa shape index (κ1) is 46.1. The summed E-state index contributed by atoms with van der Waals surface area (Å²) >= 11 is -5.85. The molecule has 58 heavy (non-hydrogen) atoms. The molecule has 6 aromatic rings. The molecule has 0 amide bonds. The van der Waals surface area contributed by atoms with Crippen LogP contribution in [0.4, 0.5) is 52.5 Å². The molecule has 6 N–H and O–H groups in total. The molecule has 0 aliphatic heterocycles. The van der Waals surface area contributed by atoms with E-state index in [2.05, 4.69) is 61.8 Å². The van der Waals surface area contributed by atoms with Crippen molar-refractivity contribution in [3.05, 3.63) is 114 Å². The fourth-order valence-electron chi connectivity index (χ4n) is 4.99. The number of benzene rings is 4. The number of likely N-dealkylation sites (N-methyl/N-ethyl adjacent to an activating group) is 1. The van der Waals surface area contributed by atoms with Crippen molar-refractivity contribution in [3.63, 3.8) is 0 Å². The van der Waals surface area contributed by atoms with Gasteiger partial charge in [0, 0.05) is 59.1 Å². The molecule has 0 aliphatic carbocycles. The van der Waals surface area contributed by atoms with Crippen LogP contribution in [0.3, 0.4) is 0 Å². The number of rotatable bonds is 18. The van der Waals surface area contributed by atoms with Crippen LogP contribution in [0.1, 0.15) is 17.0 Å². The molecule has 0 fully saturated rings. The molecule has 0 bridgehead atoms. The van der Waals surface area contributed by atoms with Gasteiger partial charge in [-0.15, -0.1) is 0 Å². The summed E-state index contributed by atoms with van der Waals surface area (Å²) in [6.07, 6.45) is 3.08. The first-order chi connectivity index (χ1) is 27.2. The van der Waals surface area contributed by atoms with Gasteiger partial charge in [-0.25, -0.2) is 8.42 Å². The molecule has 22 heteroatoms. The molecule has 2 heterocycles. The quantitative estimate of drug-likeness (QED) is 0.0276. The summed E-state index contributed by atoms with van der Waals surface area (Å²) < 4.78 is 57.0. The van der Waals surface area contributed by atoms with E-state index in [0.717, 1.165) is 11.4 Å². The van der Waals surface area contributed by atoms with E-state index in [1.807, 2.05) is 67.7 Å². The maximum absolute atomic E-state index is 11.7.